The van der Waals surface area contributed by atoms with Crippen LogP contribution in [0.2, 0.25) is 0 Å². The molecule has 2 heteroatoms. The zero-order valence-corrected chi connectivity index (χ0v) is 12.9. The molecule has 1 N–H and O–H groups in total. The molecule has 0 aromatic heterocycles. The second-order valence-electron chi connectivity index (χ2n) is 5.95. The van der Waals surface area contributed by atoms with Crippen LogP contribution < -0.4 is 0 Å². The van der Waals surface area contributed by atoms with Crippen molar-refractivity contribution in [2.75, 3.05) is 0 Å². The number of ketones is 1. The van der Waals surface area contributed by atoms with Crippen molar-refractivity contribution in [3.8, 4) is 0 Å². The highest BCUT2D eigenvalue weighted by atomic mass is 16.3. The van der Waals surface area contributed by atoms with Crippen LogP contribution in [0, 0.1) is 20.8 Å². The lowest BCUT2D eigenvalue weighted by Crippen LogP contribution is -2.19. The number of carbonyl (C=O) groups is 1. The molecule has 0 bridgehead atoms. The van der Waals surface area contributed by atoms with Crippen molar-refractivity contribution in [3.05, 3.63) is 45.7 Å². The molecule has 0 saturated heterocycles. The molecule has 0 aliphatic heterocycles. The Hall–Kier alpha value is -1.57. The largest absolute Gasteiger partial charge is 0.512 e. The van der Waals surface area contributed by atoms with Gasteiger partial charge in [-0.2, -0.15) is 0 Å². The van der Waals surface area contributed by atoms with Gasteiger partial charge in [0, 0.05) is 18.4 Å². The summed E-state index contributed by atoms with van der Waals surface area (Å²) in [5, 5.41) is 9.81. The Morgan fingerprint density at radius 1 is 1.25 bits per heavy atom. The number of carbonyl (C=O) groups excluding carboxylic acids is 1. The maximum Gasteiger partial charge on any atom is 0.162 e. The van der Waals surface area contributed by atoms with Crippen molar-refractivity contribution in [2.24, 2.45) is 0 Å². The average molecular weight is 272 g/mol. The van der Waals surface area contributed by atoms with Gasteiger partial charge in [-0.1, -0.05) is 24.6 Å². The second kappa shape index (κ2) is 5.82. The van der Waals surface area contributed by atoms with Crippen molar-refractivity contribution >= 4 is 5.78 Å². The Balaban J connectivity index is 2.29. The molecule has 0 amide bonds. The van der Waals surface area contributed by atoms with Crippen LogP contribution in [0.25, 0.3) is 0 Å². The number of Topliss-reactive ketones (excluding diaryl/α,β-unsaturated/α-hetero) is 1. The molecule has 1 aromatic rings. The molecule has 0 radical (unpaired) electrons. The Bertz CT molecular complexity index is 544. The summed E-state index contributed by atoms with van der Waals surface area (Å²) in [7, 11) is 0. The van der Waals surface area contributed by atoms with Crippen LogP contribution in [0.15, 0.2) is 23.5 Å². The minimum Gasteiger partial charge on any atom is -0.512 e. The van der Waals surface area contributed by atoms with E-state index in [4.69, 9.17) is 0 Å². The quantitative estimate of drug-likeness (QED) is 0.627. The van der Waals surface area contributed by atoms with Gasteiger partial charge in [-0.25, -0.2) is 0 Å². The maximum absolute atomic E-state index is 12.3. The van der Waals surface area contributed by atoms with Crippen LogP contribution in [0.5, 0.6) is 0 Å². The predicted molar refractivity (Wildman–Crippen MR) is 82.2 cm³/mol. The zero-order chi connectivity index (χ0) is 14.9. The smallest absolute Gasteiger partial charge is 0.162 e. The molecule has 2 nitrogen and oxygen atoms in total. The van der Waals surface area contributed by atoms with Gasteiger partial charge < -0.3 is 5.11 Å². The summed E-state index contributed by atoms with van der Waals surface area (Å²) in [6.07, 6.45) is 2.74. The molecule has 1 aliphatic carbocycles. The molecule has 108 valence electrons. The monoisotopic (exact) mass is 272 g/mol. The Kier molecular flexibility index (Phi) is 4.32. The standard InChI is InChI=1S/C18H24O2/c1-5-16(19)15-7-6-14(10-17(15)20)18-12(3)8-11(2)9-13(18)4/h8-9,14,19H,5-7,10H2,1-4H3. The van der Waals surface area contributed by atoms with E-state index in [1.54, 1.807) is 0 Å². The molecular weight excluding hydrogens is 248 g/mol. The fourth-order valence-electron chi connectivity index (χ4n) is 3.51. The number of benzene rings is 1. The van der Waals surface area contributed by atoms with E-state index in [0.717, 1.165) is 6.42 Å². The van der Waals surface area contributed by atoms with E-state index in [2.05, 4.69) is 32.9 Å². The van der Waals surface area contributed by atoms with Crippen LogP contribution >= 0.6 is 0 Å². The highest BCUT2D eigenvalue weighted by Crippen LogP contribution is 2.37. The third-order valence-corrected chi connectivity index (χ3v) is 4.34. The van der Waals surface area contributed by atoms with Gasteiger partial charge in [-0.15, -0.1) is 0 Å². The van der Waals surface area contributed by atoms with E-state index >= 15 is 0 Å². The molecule has 1 atom stereocenters. The van der Waals surface area contributed by atoms with E-state index in [1.165, 1.54) is 22.3 Å². The molecular formula is C18H24O2. The summed E-state index contributed by atoms with van der Waals surface area (Å²) in [4.78, 5) is 12.3. The first-order chi connectivity index (χ1) is 9.43. The van der Waals surface area contributed by atoms with Crippen molar-refractivity contribution in [2.45, 2.75) is 59.3 Å². The lowest BCUT2D eigenvalue weighted by molar-refractivity contribution is -0.117. The number of aliphatic hydroxyl groups excluding tert-OH is 1. The minimum atomic E-state index is 0.125. The lowest BCUT2D eigenvalue weighted by atomic mass is 9.77. The van der Waals surface area contributed by atoms with Gasteiger partial charge in [-0.05, 0) is 56.2 Å². The maximum atomic E-state index is 12.3. The van der Waals surface area contributed by atoms with Crippen LogP contribution in [0.4, 0.5) is 0 Å². The Morgan fingerprint density at radius 2 is 1.85 bits per heavy atom. The highest BCUT2D eigenvalue weighted by molar-refractivity contribution is 5.97. The molecule has 1 aliphatic rings. The van der Waals surface area contributed by atoms with E-state index < -0.39 is 0 Å². The molecule has 2 rings (SSSR count). The molecule has 20 heavy (non-hydrogen) atoms. The van der Waals surface area contributed by atoms with Gasteiger partial charge >= 0.3 is 0 Å². The number of allylic oxidation sites excluding steroid dienone is 2. The van der Waals surface area contributed by atoms with Crippen molar-refractivity contribution in [1.82, 2.24) is 0 Å². The van der Waals surface area contributed by atoms with Crippen LogP contribution in [-0.2, 0) is 4.79 Å². The van der Waals surface area contributed by atoms with E-state index in [0.29, 0.717) is 30.8 Å². The van der Waals surface area contributed by atoms with Crippen LogP contribution in [0.3, 0.4) is 0 Å². The van der Waals surface area contributed by atoms with Gasteiger partial charge in [0.15, 0.2) is 5.78 Å². The number of hydrogen-bond donors (Lipinski definition) is 1. The number of rotatable bonds is 2. The highest BCUT2D eigenvalue weighted by Gasteiger charge is 2.28. The topological polar surface area (TPSA) is 37.3 Å². The summed E-state index contributed by atoms with van der Waals surface area (Å²) in [6.45, 7) is 8.26. The summed E-state index contributed by atoms with van der Waals surface area (Å²) >= 11 is 0. The fourth-order valence-corrected chi connectivity index (χ4v) is 3.51. The minimum absolute atomic E-state index is 0.125. The van der Waals surface area contributed by atoms with Gasteiger partial charge in [0.05, 0.1) is 5.76 Å². The molecule has 1 aromatic carbocycles. The van der Waals surface area contributed by atoms with E-state index in [-0.39, 0.29) is 11.5 Å². The SMILES string of the molecule is CCC(O)=C1CCC(c2c(C)cc(C)cc2C)CC1=O. The number of hydrogen-bond acceptors (Lipinski definition) is 2. The third-order valence-electron chi connectivity index (χ3n) is 4.34. The Labute approximate surface area is 121 Å². The number of aryl methyl sites for hydroxylation is 3. The average Bonchev–Trinajstić information content (AvgIpc) is 2.37. The second-order valence-corrected chi connectivity index (χ2v) is 5.95. The molecule has 0 spiro atoms. The van der Waals surface area contributed by atoms with Gasteiger partial charge in [-0.3, -0.25) is 4.79 Å². The molecule has 1 unspecified atom stereocenters. The van der Waals surface area contributed by atoms with Crippen LogP contribution in [-0.4, -0.2) is 10.9 Å². The predicted octanol–water partition coefficient (Wildman–Crippen LogP) is 4.67. The van der Waals surface area contributed by atoms with Crippen molar-refractivity contribution in [1.29, 1.82) is 0 Å². The van der Waals surface area contributed by atoms with Crippen molar-refractivity contribution in [3.63, 3.8) is 0 Å². The first-order valence-corrected chi connectivity index (χ1v) is 7.46. The van der Waals surface area contributed by atoms with Gasteiger partial charge in [0.1, 0.15) is 0 Å². The fraction of sp³-hybridized carbons (Fsp3) is 0.500. The molecule has 1 saturated carbocycles. The zero-order valence-electron chi connectivity index (χ0n) is 12.9. The van der Waals surface area contributed by atoms with Gasteiger partial charge in [0.25, 0.3) is 0 Å². The Morgan fingerprint density at radius 3 is 2.35 bits per heavy atom. The summed E-state index contributed by atoms with van der Waals surface area (Å²) < 4.78 is 0. The summed E-state index contributed by atoms with van der Waals surface area (Å²) in [5.41, 5.74) is 5.83. The first kappa shape index (κ1) is 14.8. The van der Waals surface area contributed by atoms with E-state index in [9.17, 15) is 9.90 Å². The number of aliphatic hydroxyl groups is 1. The lowest BCUT2D eigenvalue weighted by Gasteiger charge is -2.27. The molecule has 1 fully saturated rings. The van der Waals surface area contributed by atoms with Crippen LogP contribution in [0.1, 0.15) is 60.8 Å². The molecule has 0 heterocycles. The van der Waals surface area contributed by atoms with Gasteiger partial charge in [0.2, 0.25) is 0 Å². The van der Waals surface area contributed by atoms with E-state index in [1.807, 2.05) is 6.92 Å². The summed E-state index contributed by atoms with van der Waals surface area (Å²) in [5.74, 6) is 0.710. The first-order valence-electron chi connectivity index (χ1n) is 7.46. The van der Waals surface area contributed by atoms with Crippen molar-refractivity contribution < 1.29 is 9.90 Å². The third kappa shape index (κ3) is 2.79. The summed E-state index contributed by atoms with van der Waals surface area (Å²) in [6, 6.07) is 4.39. The normalized spacial score (nSPS) is 22.0.